The molecule has 2 N–H and O–H groups in total. The van der Waals surface area contributed by atoms with Crippen LogP contribution in [0.15, 0.2) is 46.9 Å². The van der Waals surface area contributed by atoms with Gasteiger partial charge < -0.3 is 5.32 Å². The van der Waals surface area contributed by atoms with Crippen molar-refractivity contribution in [2.45, 2.75) is 37.6 Å². The van der Waals surface area contributed by atoms with Crippen LogP contribution in [-0.2, 0) is 21.1 Å². The molecule has 7 nitrogen and oxygen atoms in total. The summed E-state index contributed by atoms with van der Waals surface area (Å²) in [6.07, 6.45) is -4.02. The lowest BCUT2D eigenvalue weighted by molar-refractivity contribution is -0.160. The van der Waals surface area contributed by atoms with Gasteiger partial charge in [0.1, 0.15) is 28.0 Å². The highest BCUT2D eigenvalue weighted by Crippen LogP contribution is 2.33. The number of hydrogen-bond acceptors (Lipinski definition) is 6. The third-order valence-electron chi connectivity index (χ3n) is 5.05. The van der Waals surface area contributed by atoms with Gasteiger partial charge in [-0.15, -0.1) is 0 Å². The first-order valence-electron chi connectivity index (χ1n) is 10.2. The number of benzene rings is 2. The van der Waals surface area contributed by atoms with Crippen LogP contribution in [-0.4, -0.2) is 44.6 Å². The molecule has 186 valence electrons. The van der Waals surface area contributed by atoms with Gasteiger partial charge in [-0.05, 0) is 47.9 Å². The van der Waals surface area contributed by atoms with Crippen molar-refractivity contribution in [3.8, 4) is 12.1 Å². The second-order valence-electron chi connectivity index (χ2n) is 7.99. The minimum Gasteiger partial charge on any atom is -0.339 e. The van der Waals surface area contributed by atoms with E-state index in [-0.39, 0.29) is 12.0 Å². The van der Waals surface area contributed by atoms with Crippen molar-refractivity contribution < 1.29 is 26.4 Å². The van der Waals surface area contributed by atoms with Gasteiger partial charge in [0, 0.05) is 17.1 Å². The minimum absolute atomic E-state index is 0.0147. The number of amides is 1. The van der Waals surface area contributed by atoms with E-state index in [1.165, 1.54) is 24.3 Å². The first-order chi connectivity index (χ1) is 16.2. The third kappa shape index (κ3) is 8.66. The lowest BCUT2D eigenvalue weighted by atomic mass is 9.99. The van der Waals surface area contributed by atoms with E-state index in [0.717, 1.165) is 6.26 Å². The predicted molar refractivity (Wildman–Crippen MR) is 127 cm³/mol. The Morgan fingerprint density at radius 3 is 2.26 bits per heavy atom. The number of halogens is 4. The number of carbonyl (C=O) groups excluding carboxylic acids is 1. The summed E-state index contributed by atoms with van der Waals surface area (Å²) in [6.45, 7) is 1.71. The standard InChI is InChI=1S/C23H22BrF3N4O3S/c1-14-9-15(11-28)3-4-17(14)10-19(12-29)30-22(32)20(13-35(2,33)34)31-21(23(25,26)27)16-5-7-18(24)8-6-16/h3-9,19-21,31H,10,13H2,1-2H3,(H,30,32)/t19?,20-,21-/m0/s1. The molecule has 0 fully saturated rings. The quantitative estimate of drug-likeness (QED) is 0.475. The number of rotatable bonds is 9. The van der Waals surface area contributed by atoms with Gasteiger partial charge in [-0.2, -0.15) is 23.7 Å². The van der Waals surface area contributed by atoms with E-state index < -0.39 is 45.8 Å². The molecule has 2 aromatic rings. The van der Waals surface area contributed by atoms with E-state index in [2.05, 4.69) is 26.6 Å². The molecular weight excluding hydrogens is 549 g/mol. The van der Waals surface area contributed by atoms with Crippen LogP contribution in [0.4, 0.5) is 13.2 Å². The molecule has 0 aliphatic rings. The molecule has 0 bridgehead atoms. The molecule has 0 aliphatic heterocycles. The maximum absolute atomic E-state index is 13.9. The van der Waals surface area contributed by atoms with Crippen LogP contribution in [0.25, 0.3) is 0 Å². The number of sulfone groups is 1. The van der Waals surface area contributed by atoms with Crippen molar-refractivity contribution >= 4 is 31.7 Å². The molecule has 35 heavy (non-hydrogen) atoms. The fourth-order valence-corrected chi connectivity index (χ4v) is 4.47. The zero-order valence-electron chi connectivity index (χ0n) is 18.7. The van der Waals surface area contributed by atoms with Crippen LogP contribution in [0, 0.1) is 29.6 Å². The SMILES string of the molecule is Cc1cc(C#N)ccc1CC(C#N)NC(=O)[C@H](CS(C)(=O)=O)N[C@@H](c1ccc(Br)cc1)C(F)(F)F. The Balaban J connectivity index is 2.30. The molecule has 2 rings (SSSR count). The summed E-state index contributed by atoms with van der Waals surface area (Å²) in [5.74, 6) is -1.96. The Morgan fingerprint density at radius 2 is 1.77 bits per heavy atom. The summed E-state index contributed by atoms with van der Waals surface area (Å²) >= 11 is 3.14. The molecule has 0 radical (unpaired) electrons. The maximum atomic E-state index is 13.9. The highest BCUT2D eigenvalue weighted by atomic mass is 79.9. The van der Waals surface area contributed by atoms with Crippen LogP contribution < -0.4 is 10.6 Å². The second-order valence-corrected chi connectivity index (χ2v) is 11.1. The van der Waals surface area contributed by atoms with Gasteiger partial charge in [0.05, 0.1) is 23.5 Å². The van der Waals surface area contributed by atoms with E-state index in [4.69, 9.17) is 5.26 Å². The number of hydrogen-bond donors (Lipinski definition) is 2. The van der Waals surface area contributed by atoms with Crippen molar-refractivity contribution in [1.29, 1.82) is 10.5 Å². The number of nitrogens with zero attached hydrogens (tertiary/aromatic N) is 2. The van der Waals surface area contributed by atoms with E-state index in [0.29, 0.717) is 21.2 Å². The molecule has 1 amide bonds. The van der Waals surface area contributed by atoms with Gasteiger partial charge in [-0.1, -0.05) is 34.1 Å². The van der Waals surface area contributed by atoms with Gasteiger partial charge in [-0.25, -0.2) is 8.42 Å². The third-order valence-corrected chi connectivity index (χ3v) is 6.52. The average Bonchev–Trinajstić information content (AvgIpc) is 2.76. The second kappa shape index (κ2) is 11.7. The predicted octanol–water partition coefficient (Wildman–Crippen LogP) is 3.49. The molecular formula is C23H22BrF3N4O3S. The molecule has 0 aliphatic carbocycles. The van der Waals surface area contributed by atoms with Crippen molar-refractivity contribution in [2.75, 3.05) is 12.0 Å². The van der Waals surface area contributed by atoms with Gasteiger partial charge in [-0.3, -0.25) is 10.1 Å². The molecule has 0 heterocycles. The zero-order chi connectivity index (χ0) is 26.4. The average molecular weight is 571 g/mol. The van der Waals surface area contributed by atoms with Gasteiger partial charge in [0.25, 0.3) is 0 Å². The molecule has 3 atom stereocenters. The highest BCUT2D eigenvalue weighted by Gasteiger charge is 2.43. The molecule has 0 aromatic heterocycles. The lowest BCUT2D eigenvalue weighted by Crippen LogP contribution is -2.54. The molecule has 0 saturated heterocycles. The number of nitriles is 2. The Hall–Kier alpha value is -2.93. The summed E-state index contributed by atoms with van der Waals surface area (Å²) in [7, 11) is -3.88. The fourth-order valence-electron chi connectivity index (χ4n) is 3.35. The van der Waals surface area contributed by atoms with Crippen LogP contribution in [0.3, 0.4) is 0 Å². The smallest absolute Gasteiger partial charge is 0.339 e. The van der Waals surface area contributed by atoms with Crippen LogP contribution in [0.1, 0.15) is 28.3 Å². The normalized spacial score (nSPS) is 14.3. The summed E-state index contributed by atoms with van der Waals surface area (Å²) < 4.78 is 65.9. The molecule has 2 aromatic carbocycles. The first-order valence-corrected chi connectivity index (χ1v) is 13.0. The van der Waals surface area contributed by atoms with E-state index >= 15 is 0 Å². The van der Waals surface area contributed by atoms with Crippen LogP contribution in [0.5, 0.6) is 0 Å². The Labute approximate surface area is 210 Å². The highest BCUT2D eigenvalue weighted by molar-refractivity contribution is 9.10. The first kappa shape index (κ1) is 28.3. The van der Waals surface area contributed by atoms with Crippen molar-refractivity contribution in [2.24, 2.45) is 0 Å². The summed E-state index contributed by atoms with van der Waals surface area (Å²) in [5, 5.41) is 23.0. The monoisotopic (exact) mass is 570 g/mol. The van der Waals surface area contributed by atoms with Crippen molar-refractivity contribution in [1.82, 2.24) is 10.6 Å². The number of aryl methyl sites for hydroxylation is 1. The van der Waals surface area contributed by atoms with E-state index in [1.807, 2.05) is 12.1 Å². The van der Waals surface area contributed by atoms with Gasteiger partial charge in [0.15, 0.2) is 0 Å². The van der Waals surface area contributed by atoms with E-state index in [9.17, 15) is 31.6 Å². The van der Waals surface area contributed by atoms with E-state index in [1.54, 1.807) is 25.1 Å². The maximum Gasteiger partial charge on any atom is 0.407 e. The molecule has 0 saturated carbocycles. The Bertz CT molecular complexity index is 1250. The Kier molecular flexibility index (Phi) is 9.44. The lowest BCUT2D eigenvalue weighted by Gasteiger charge is -2.27. The number of nitrogens with one attached hydrogen (secondary N) is 2. The van der Waals surface area contributed by atoms with Crippen molar-refractivity contribution in [3.05, 3.63) is 69.2 Å². The summed E-state index contributed by atoms with van der Waals surface area (Å²) in [4.78, 5) is 12.9. The van der Waals surface area contributed by atoms with Crippen LogP contribution in [0.2, 0.25) is 0 Å². The van der Waals surface area contributed by atoms with Gasteiger partial charge in [0.2, 0.25) is 5.91 Å². The number of alkyl halides is 3. The van der Waals surface area contributed by atoms with Crippen LogP contribution >= 0.6 is 15.9 Å². The largest absolute Gasteiger partial charge is 0.407 e. The summed E-state index contributed by atoms with van der Waals surface area (Å²) in [6, 6.07) is 8.57. The zero-order valence-corrected chi connectivity index (χ0v) is 21.1. The minimum atomic E-state index is -4.84. The Morgan fingerprint density at radius 1 is 1.14 bits per heavy atom. The van der Waals surface area contributed by atoms with Crippen molar-refractivity contribution in [3.63, 3.8) is 0 Å². The molecule has 0 spiro atoms. The molecule has 1 unspecified atom stereocenters. The fraction of sp³-hybridized carbons (Fsp3) is 0.348. The van der Waals surface area contributed by atoms with Gasteiger partial charge >= 0.3 is 6.18 Å². The topological polar surface area (TPSA) is 123 Å². The number of carbonyl (C=O) groups is 1. The summed E-state index contributed by atoms with van der Waals surface area (Å²) in [5.41, 5.74) is 1.53. The molecule has 12 heteroatoms.